The number of carbonyl (C=O) groups is 1. The largest absolute Gasteiger partial charge is 0.449 e. The van der Waals surface area contributed by atoms with Gasteiger partial charge in [-0.3, -0.25) is 10.4 Å². The monoisotopic (exact) mass is 481 g/mol. The van der Waals surface area contributed by atoms with Crippen LogP contribution in [-0.2, 0) is 11.3 Å². The van der Waals surface area contributed by atoms with E-state index in [4.69, 9.17) is 20.9 Å². The van der Waals surface area contributed by atoms with Crippen molar-refractivity contribution in [1.82, 2.24) is 14.9 Å². The lowest BCUT2D eigenvalue weighted by molar-refractivity contribution is 0.0603. The SMILES string of the molecule is C/C(N)=C/C(=N)Nc1cc2nc(CO)ccc2c(N[C@@H]2C[C@H]3CC[C@@H](C2)N3C(=O)OCC(C)C)n1. The van der Waals surface area contributed by atoms with Crippen molar-refractivity contribution < 1.29 is 14.6 Å². The number of fused-ring (bicyclic) bond motifs is 3. The summed E-state index contributed by atoms with van der Waals surface area (Å²) in [7, 11) is 0. The first-order valence-electron chi connectivity index (χ1n) is 12.2. The molecule has 2 saturated heterocycles. The zero-order chi connectivity index (χ0) is 25.1. The summed E-state index contributed by atoms with van der Waals surface area (Å²) in [6.07, 6.45) is 4.87. The van der Waals surface area contributed by atoms with Crippen LogP contribution < -0.4 is 16.4 Å². The minimum Gasteiger partial charge on any atom is -0.449 e. The van der Waals surface area contributed by atoms with Crippen molar-refractivity contribution in [2.75, 3.05) is 17.2 Å². The zero-order valence-corrected chi connectivity index (χ0v) is 20.5. The number of nitrogens with zero attached hydrogens (tertiary/aromatic N) is 3. The van der Waals surface area contributed by atoms with Crippen LogP contribution in [0.1, 0.15) is 52.1 Å². The summed E-state index contributed by atoms with van der Waals surface area (Å²) < 4.78 is 5.52. The molecule has 10 nitrogen and oxygen atoms in total. The number of aliphatic hydroxyl groups is 1. The van der Waals surface area contributed by atoms with Gasteiger partial charge in [0.1, 0.15) is 17.5 Å². The fraction of sp³-hybridized carbons (Fsp3) is 0.520. The summed E-state index contributed by atoms with van der Waals surface area (Å²) in [6, 6.07) is 5.85. The average molecular weight is 482 g/mol. The fourth-order valence-electron chi connectivity index (χ4n) is 4.93. The summed E-state index contributed by atoms with van der Waals surface area (Å²) in [5, 5.41) is 25.0. The van der Waals surface area contributed by atoms with Crippen molar-refractivity contribution in [2.24, 2.45) is 11.7 Å². The van der Waals surface area contributed by atoms with Crippen LogP contribution in [0.4, 0.5) is 16.4 Å². The number of nitrogens with one attached hydrogen (secondary N) is 3. The Balaban J connectivity index is 1.55. The Morgan fingerprint density at radius 1 is 1.31 bits per heavy atom. The molecule has 2 bridgehead atoms. The second kappa shape index (κ2) is 10.5. The van der Waals surface area contributed by atoms with Gasteiger partial charge in [-0.05, 0) is 56.7 Å². The van der Waals surface area contributed by atoms with Gasteiger partial charge in [0.15, 0.2) is 0 Å². The van der Waals surface area contributed by atoms with Gasteiger partial charge in [-0.15, -0.1) is 0 Å². The van der Waals surface area contributed by atoms with Crippen LogP contribution in [0.25, 0.3) is 10.9 Å². The smallest absolute Gasteiger partial charge is 0.410 e. The van der Waals surface area contributed by atoms with Crippen molar-refractivity contribution in [3.8, 4) is 0 Å². The molecule has 35 heavy (non-hydrogen) atoms. The summed E-state index contributed by atoms with van der Waals surface area (Å²) >= 11 is 0. The Bertz CT molecular complexity index is 1120. The van der Waals surface area contributed by atoms with Gasteiger partial charge in [-0.2, -0.15) is 0 Å². The molecule has 4 heterocycles. The highest BCUT2D eigenvalue weighted by Crippen LogP contribution is 2.38. The molecule has 4 rings (SSSR count). The number of amides is 1. The van der Waals surface area contributed by atoms with Gasteiger partial charge in [-0.1, -0.05) is 13.8 Å². The highest BCUT2D eigenvalue weighted by Gasteiger charge is 2.44. The first kappa shape index (κ1) is 24.7. The Morgan fingerprint density at radius 3 is 2.66 bits per heavy atom. The number of aliphatic hydroxyl groups excluding tert-OH is 1. The maximum Gasteiger partial charge on any atom is 0.410 e. The number of pyridine rings is 2. The number of aromatic nitrogens is 2. The molecule has 0 saturated carbocycles. The van der Waals surface area contributed by atoms with Gasteiger partial charge in [0, 0.05) is 35.3 Å². The molecule has 2 aromatic rings. The number of nitrogens with two attached hydrogens (primary N) is 1. The van der Waals surface area contributed by atoms with Crippen molar-refractivity contribution in [3.63, 3.8) is 0 Å². The number of anilines is 2. The van der Waals surface area contributed by atoms with Gasteiger partial charge in [0.25, 0.3) is 0 Å². The van der Waals surface area contributed by atoms with Crippen LogP contribution in [0.15, 0.2) is 30.0 Å². The van der Waals surface area contributed by atoms with Crippen LogP contribution in [-0.4, -0.2) is 56.6 Å². The van der Waals surface area contributed by atoms with Crippen LogP contribution in [0.2, 0.25) is 0 Å². The molecule has 0 aromatic carbocycles. The van der Waals surface area contributed by atoms with Gasteiger partial charge < -0.3 is 31.1 Å². The Morgan fingerprint density at radius 2 is 2.03 bits per heavy atom. The third-order valence-corrected chi connectivity index (χ3v) is 6.36. The molecule has 2 aromatic heterocycles. The number of piperidine rings is 1. The van der Waals surface area contributed by atoms with E-state index in [1.165, 1.54) is 6.08 Å². The number of rotatable bonds is 7. The summed E-state index contributed by atoms with van der Waals surface area (Å²) in [5.74, 6) is 1.54. The average Bonchev–Trinajstić information content (AvgIpc) is 3.06. The highest BCUT2D eigenvalue weighted by molar-refractivity contribution is 6.03. The normalized spacial score (nSPS) is 21.9. The number of carbonyl (C=O) groups excluding carboxylic acids is 1. The van der Waals surface area contributed by atoms with E-state index in [-0.39, 0.29) is 36.7 Å². The molecule has 0 unspecified atom stereocenters. The van der Waals surface area contributed by atoms with Gasteiger partial charge in [-0.25, -0.2) is 9.78 Å². The van der Waals surface area contributed by atoms with E-state index in [0.717, 1.165) is 31.1 Å². The zero-order valence-electron chi connectivity index (χ0n) is 20.5. The summed E-state index contributed by atoms with van der Waals surface area (Å²) in [4.78, 5) is 23.9. The molecule has 1 amide bonds. The van der Waals surface area contributed by atoms with E-state index in [1.807, 2.05) is 24.8 Å². The molecule has 10 heteroatoms. The summed E-state index contributed by atoms with van der Waals surface area (Å²) in [5.41, 5.74) is 7.43. The first-order chi connectivity index (χ1) is 16.7. The quantitative estimate of drug-likeness (QED) is 0.298. The first-order valence-corrected chi connectivity index (χ1v) is 12.2. The van der Waals surface area contributed by atoms with E-state index in [1.54, 1.807) is 19.1 Å². The van der Waals surface area contributed by atoms with Crippen LogP contribution in [0.5, 0.6) is 0 Å². The number of ether oxygens (including phenoxy) is 1. The van der Waals surface area contributed by atoms with E-state index in [2.05, 4.69) is 15.6 Å². The molecule has 6 N–H and O–H groups in total. The van der Waals surface area contributed by atoms with E-state index >= 15 is 0 Å². The van der Waals surface area contributed by atoms with Crippen LogP contribution in [0, 0.1) is 11.3 Å². The molecule has 3 atom stereocenters. The predicted molar refractivity (Wildman–Crippen MR) is 136 cm³/mol. The third kappa shape index (κ3) is 5.82. The standard InChI is InChI=1S/C25H35N7O3/c1-14(2)13-35-25(34)32-18-5-6-19(32)10-17(9-18)29-24-20-7-4-16(12-33)28-21(20)11-23(31-24)30-22(27)8-15(3)26/h4,7-8,11,14,17-19,33H,5-6,9-10,12-13,26H2,1-3H3,(H3,27,29,30,31)/b15-8-/t17-,18-,19+. The van der Waals surface area contributed by atoms with Crippen molar-refractivity contribution in [3.05, 3.63) is 35.7 Å². The fourth-order valence-corrected chi connectivity index (χ4v) is 4.93. The second-order valence-electron chi connectivity index (χ2n) is 9.89. The third-order valence-electron chi connectivity index (χ3n) is 6.36. The van der Waals surface area contributed by atoms with E-state index in [9.17, 15) is 9.90 Å². The maximum absolute atomic E-state index is 12.7. The number of amidine groups is 1. The number of allylic oxidation sites excluding steroid dienone is 1. The molecule has 0 radical (unpaired) electrons. The molecule has 2 fully saturated rings. The molecule has 2 aliphatic rings. The second-order valence-corrected chi connectivity index (χ2v) is 9.89. The van der Waals surface area contributed by atoms with Gasteiger partial charge in [0.05, 0.1) is 24.4 Å². The lowest BCUT2D eigenvalue weighted by Gasteiger charge is -2.38. The van der Waals surface area contributed by atoms with Crippen LogP contribution >= 0.6 is 0 Å². The van der Waals surface area contributed by atoms with Crippen molar-refractivity contribution >= 4 is 34.5 Å². The van der Waals surface area contributed by atoms with E-state index < -0.39 is 0 Å². The van der Waals surface area contributed by atoms with Crippen LogP contribution in [0.3, 0.4) is 0 Å². The number of hydrogen-bond acceptors (Lipinski definition) is 8. The minimum absolute atomic E-state index is 0.118. The van der Waals surface area contributed by atoms with Crippen molar-refractivity contribution in [1.29, 1.82) is 5.41 Å². The Hall–Kier alpha value is -3.40. The van der Waals surface area contributed by atoms with Gasteiger partial charge in [0.2, 0.25) is 0 Å². The minimum atomic E-state index is -0.207. The van der Waals surface area contributed by atoms with E-state index in [0.29, 0.717) is 41.1 Å². The number of hydrogen-bond donors (Lipinski definition) is 5. The summed E-state index contributed by atoms with van der Waals surface area (Å²) in [6.45, 7) is 6.05. The van der Waals surface area contributed by atoms with Gasteiger partial charge >= 0.3 is 6.09 Å². The molecular formula is C25H35N7O3. The maximum atomic E-state index is 12.7. The van der Waals surface area contributed by atoms with Crippen molar-refractivity contribution in [2.45, 2.75) is 71.2 Å². The molecule has 0 aliphatic carbocycles. The Kier molecular flexibility index (Phi) is 7.39. The molecular weight excluding hydrogens is 446 g/mol. The molecule has 2 aliphatic heterocycles. The Labute approximate surface area is 205 Å². The topological polar surface area (TPSA) is 149 Å². The molecule has 188 valence electrons. The lowest BCUT2D eigenvalue weighted by Crippen LogP contribution is -2.50. The molecule has 0 spiro atoms. The lowest BCUT2D eigenvalue weighted by atomic mass is 9.97. The highest BCUT2D eigenvalue weighted by atomic mass is 16.6. The predicted octanol–water partition coefficient (Wildman–Crippen LogP) is 3.57.